The van der Waals surface area contributed by atoms with E-state index in [0.717, 1.165) is 27.5 Å². The quantitative estimate of drug-likeness (QED) is 0.286. The molecule has 116 valence electrons. The molecule has 0 N–H and O–H groups in total. The zero-order valence-corrected chi connectivity index (χ0v) is 14.1. The van der Waals surface area contributed by atoms with Crippen LogP contribution in [0.5, 0.6) is 0 Å². The number of aromatic nitrogens is 1. The highest BCUT2D eigenvalue weighted by Gasteiger charge is 2.10. The Bertz CT molecular complexity index is 902. The maximum Gasteiger partial charge on any atom is 0.251 e. The average Bonchev–Trinajstić information content (AvgIpc) is 2.57. The van der Waals surface area contributed by atoms with Crippen molar-refractivity contribution in [2.24, 2.45) is 4.99 Å². The minimum absolute atomic E-state index is 0.444. The number of benzene rings is 2. The topological polar surface area (TPSA) is 34.5 Å². The van der Waals surface area contributed by atoms with Crippen molar-refractivity contribution in [1.82, 2.24) is 4.98 Å². The fourth-order valence-electron chi connectivity index (χ4n) is 2.46. The molecular weight excluding hydrogens is 304 g/mol. The van der Waals surface area contributed by atoms with Crippen LogP contribution in [-0.2, 0) is 4.74 Å². The van der Waals surface area contributed by atoms with Gasteiger partial charge in [-0.3, -0.25) is 0 Å². The second kappa shape index (κ2) is 6.84. The molecular formula is C19H18N2OS. The molecule has 1 heterocycles. The predicted octanol–water partition coefficient (Wildman–Crippen LogP) is 5.25. The lowest BCUT2D eigenvalue weighted by atomic mass is 10.1. The molecule has 0 radical (unpaired) electrons. The van der Waals surface area contributed by atoms with Crippen LogP contribution in [0.4, 0.5) is 5.69 Å². The Balaban J connectivity index is 2.29. The maximum absolute atomic E-state index is 5.64. The van der Waals surface area contributed by atoms with Crippen molar-refractivity contribution in [2.45, 2.75) is 6.92 Å². The molecule has 2 aromatic carbocycles. The van der Waals surface area contributed by atoms with Gasteiger partial charge in [0.2, 0.25) is 0 Å². The summed E-state index contributed by atoms with van der Waals surface area (Å²) < 4.78 is 5.64. The zero-order chi connectivity index (χ0) is 16.2. The van der Waals surface area contributed by atoms with Gasteiger partial charge in [0.1, 0.15) is 6.61 Å². The minimum Gasteiger partial charge on any atom is -0.469 e. The highest BCUT2D eigenvalue weighted by Crippen LogP contribution is 2.34. The molecule has 3 aromatic rings. The van der Waals surface area contributed by atoms with E-state index >= 15 is 0 Å². The normalized spacial score (nSPS) is 11.8. The number of aliphatic imine (C=N–C) groups is 1. The van der Waals surface area contributed by atoms with E-state index in [9.17, 15) is 0 Å². The zero-order valence-electron chi connectivity index (χ0n) is 13.2. The van der Waals surface area contributed by atoms with E-state index in [1.807, 2.05) is 30.5 Å². The van der Waals surface area contributed by atoms with Crippen LogP contribution < -0.4 is 0 Å². The number of hydrogen-bond acceptors (Lipinski definition) is 4. The molecule has 0 saturated carbocycles. The number of rotatable bonds is 3. The van der Waals surface area contributed by atoms with Gasteiger partial charge in [0.15, 0.2) is 0 Å². The van der Waals surface area contributed by atoms with Gasteiger partial charge in [-0.1, -0.05) is 54.7 Å². The number of thioether (sulfide) groups is 1. The van der Waals surface area contributed by atoms with Crippen LogP contribution in [0.1, 0.15) is 5.56 Å². The number of pyridine rings is 1. The third kappa shape index (κ3) is 3.22. The van der Waals surface area contributed by atoms with Gasteiger partial charge >= 0.3 is 0 Å². The third-order valence-corrected chi connectivity index (χ3v) is 4.07. The summed E-state index contributed by atoms with van der Waals surface area (Å²) in [6.07, 6.45) is 3.68. The molecule has 0 unspecified atom stereocenters. The molecule has 0 fully saturated rings. The van der Waals surface area contributed by atoms with Crippen LogP contribution in [0.2, 0.25) is 0 Å². The van der Waals surface area contributed by atoms with Crippen LogP contribution >= 0.6 is 11.8 Å². The van der Waals surface area contributed by atoms with Crippen LogP contribution in [-0.4, -0.2) is 23.1 Å². The van der Waals surface area contributed by atoms with E-state index in [1.165, 1.54) is 17.3 Å². The SMILES string of the molecule is C=CCOC(=Nc1c2ccccc2nc2cc(C)ccc12)SC. The van der Waals surface area contributed by atoms with Crippen LogP contribution in [0.15, 0.2) is 60.1 Å². The summed E-state index contributed by atoms with van der Waals surface area (Å²) in [5.41, 5.74) is 3.97. The first kappa shape index (κ1) is 15.6. The fourth-order valence-corrected chi connectivity index (χ4v) is 2.83. The van der Waals surface area contributed by atoms with Crippen molar-refractivity contribution in [3.63, 3.8) is 0 Å². The van der Waals surface area contributed by atoms with E-state index in [4.69, 9.17) is 14.7 Å². The first-order valence-electron chi connectivity index (χ1n) is 7.38. The van der Waals surface area contributed by atoms with E-state index < -0.39 is 0 Å². The number of para-hydroxylation sites is 1. The van der Waals surface area contributed by atoms with Crippen LogP contribution in [0.25, 0.3) is 21.8 Å². The van der Waals surface area contributed by atoms with Gasteiger partial charge < -0.3 is 4.74 Å². The number of aryl methyl sites for hydroxylation is 1. The monoisotopic (exact) mass is 322 g/mol. The van der Waals surface area contributed by atoms with Gasteiger partial charge in [-0.25, -0.2) is 9.98 Å². The maximum atomic E-state index is 5.64. The number of nitrogens with zero attached hydrogens (tertiary/aromatic N) is 2. The molecule has 3 nitrogen and oxygen atoms in total. The number of fused-ring (bicyclic) bond motifs is 2. The van der Waals surface area contributed by atoms with Crippen LogP contribution in [0.3, 0.4) is 0 Å². The lowest BCUT2D eigenvalue weighted by Crippen LogP contribution is -1.99. The molecule has 0 aliphatic carbocycles. The second-order valence-corrected chi connectivity index (χ2v) is 5.94. The van der Waals surface area contributed by atoms with Crippen molar-refractivity contribution >= 4 is 44.5 Å². The molecule has 0 spiro atoms. The Morgan fingerprint density at radius 3 is 2.78 bits per heavy atom. The number of hydrogen-bond donors (Lipinski definition) is 0. The van der Waals surface area contributed by atoms with Crippen LogP contribution in [0, 0.1) is 6.92 Å². The van der Waals surface area contributed by atoms with Crippen molar-refractivity contribution in [1.29, 1.82) is 0 Å². The van der Waals surface area contributed by atoms with Gasteiger partial charge in [0.25, 0.3) is 5.23 Å². The Hall–Kier alpha value is -2.33. The summed E-state index contributed by atoms with van der Waals surface area (Å²) in [5.74, 6) is 0. The van der Waals surface area contributed by atoms with Gasteiger partial charge in [-0.15, -0.1) is 0 Å². The third-order valence-electron chi connectivity index (χ3n) is 3.51. The first-order chi connectivity index (χ1) is 11.2. The molecule has 0 saturated heterocycles. The second-order valence-electron chi connectivity index (χ2n) is 5.18. The highest BCUT2D eigenvalue weighted by molar-refractivity contribution is 8.12. The van der Waals surface area contributed by atoms with E-state index in [1.54, 1.807) is 6.08 Å². The fraction of sp³-hybridized carbons (Fsp3) is 0.158. The summed E-state index contributed by atoms with van der Waals surface area (Å²) in [5, 5.41) is 2.68. The molecule has 0 bridgehead atoms. The average molecular weight is 322 g/mol. The molecule has 0 amide bonds. The molecule has 1 aromatic heterocycles. The summed E-state index contributed by atoms with van der Waals surface area (Å²) in [6.45, 7) is 6.20. The van der Waals surface area contributed by atoms with Crippen molar-refractivity contribution in [3.05, 3.63) is 60.7 Å². The Morgan fingerprint density at radius 1 is 1.22 bits per heavy atom. The Labute approximate surface area is 140 Å². The van der Waals surface area contributed by atoms with Gasteiger partial charge in [-0.2, -0.15) is 0 Å². The number of ether oxygens (including phenoxy) is 1. The van der Waals surface area contributed by atoms with Crippen molar-refractivity contribution in [2.75, 3.05) is 12.9 Å². The molecule has 4 heteroatoms. The van der Waals surface area contributed by atoms with E-state index in [2.05, 4.69) is 31.7 Å². The van der Waals surface area contributed by atoms with Crippen molar-refractivity contribution < 1.29 is 4.74 Å². The largest absolute Gasteiger partial charge is 0.469 e. The summed E-state index contributed by atoms with van der Waals surface area (Å²) >= 11 is 1.48. The molecule has 0 atom stereocenters. The minimum atomic E-state index is 0.444. The predicted molar refractivity (Wildman–Crippen MR) is 101 cm³/mol. The molecule has 0 aliphatic heterocycles. The highest BCUT2D eigenvalue weighted by atomic mass is 32.2. The lowest BCUT2D eigenvalue weighted by molar-refractivity contribution is 0.362. The smallest absolute Gasteiger partial charge is 0.251 e. The van der Waals surface area contributed by atoms with Gasteiger partial charge in [0, 0.05) is 10.8 Å². The summed E-state index contributed by atoms with van der Waals surface area (Å²) in [6, 6.07) is 14.3. The van der Waals surface area contributed by atoms with Gasteiger partial charge in [0.05, 0.1) is 16.7 Å². The van der Waals surface area contributed by atoms with Crippen molar-refractivity contribution in [3.8, 4) is 0 Å². The van der Waals surface area contributed by atoms with E-state index in [0.29, 0.717) is 11.8 Å². The summed E-state index contributed by atoms with van der Waals surface area (Å²) in [4.78, 5) is 9.53. The molecule has 23 heavy (non-hydrogen) atoms. The Kier molecular flexibility index (Phi) is 4.63. The standard InChI is InChI=1S/C19H18N2OS/c1-4-11-22-19(23-3)21-18-14-7-5-6-8-16(14)20-17-12-13(2)9-10-15(17)18/h4-10,12H,1,11H2,2-3H3. The Morgan fingerprint density at radius 2 is 2.00 bits per heavy atom. The molecule has 3 rings (SSSR count). The first-order valence-corrected chi connectivity index (χ1v) is 8.61. The van der Waals surface area contributed by atoms with E-state index in [-0.39, 0.29) is 0 Å². The van der Waals surface area contributed by atoms with Gasteiger partial charge in [-0.05, 0) is 30.9 Å². The molecule has 0 aliphatic rings. The summed E-state index contributed by atoms with van der Waals surface area (Å²) in [7, 11) is 0. The lowest BCUT2D eigenvalue weighted by Gasteiger charge is -2.10.